The van der Waals surface area contributed by atoms with Gasteiger partial charge in [0, 0.05) is 10.8 Å². The molecule has 11 nitrogen and oxygen atoms in total. The van der Waals surface area contributed by atoms with Gasteiger partial charge in [0.2, 0.25) is 17.6 Å². The SMILES string of the molecule is CC(Oc1ccc(-c2noc(C(C)C)n2)nc1)C1=CC(c2ccc(C=O)c(F)c2)NS1.CNC(CO)C(N)=O. The summed E-state index contributed by atoms with van der Waals surface area (Å²) < 4.78 is 28.4. The van der Waals surface area contributed by atoms with Gasteiger partial charge in [-0.1, -0.05) is 25.1 Å². The highest BCUT2D eigenvalue weighted by molar-refractivity contribution is 8.01. The molecule has 3 heterocycles. The average molecular weight is 559 g/mol. The number of aromatic nitrogens is 3. The molecule has 13 heteroatoms. The first-order chi connectivity index (χ1) is 18.7. The number of nitrogens with zero attached hydrogens (tertiary/aromatic N) is 3. The molecule has 2 aromatic heterocycles. The van der Waals surface area contributed by atoms with E-state index >= 15 is 0 Å². The van der Waals surface area contributed by atoms with Gasteiger partial charge in [0.05, 0.1) is 24.4 Å². The third-order valence-corrected chi connectivity index (χ3v) is 6.71. The van der Waals surface area contributed by atoms with Crippen molar-refractivity contribution < 1.29 is 28.3 Å². The van der Waals surface area contributed by atoms with Crippen molar-refractivity contribution in [1.82, 2.24) is 25.2 Å². The minimum Gasteiger partial charge on any atom is -0.484 e. The van der Waals surface area contributed by atoms with E-state index in [9.17, 15) is 14.0 Å². The fourth-order valence-electron chi connectivity index (χ4n) is 3.32. The summed E-state index contributed by atoms with van der Waals surface area (Å²) in [5.41, 5.74) is 6.19. The van der Waals surface area contributed by atoms with Crippen molar-refractivity contribution in [2.45, 2.75) is 44.9 Å². The van der Waals surface area contributed by atoms with Crippen LogP contribution in [0.5, 0.6) is 5.75 Å². The average Bonchev–Trinajstić information content (AvgIpc) is 3.61. The lowest BCUT2D eigenvalue weighted by Gasteiger charge is -2.14. The van der Waals surface area contributed by atoms with Crippen LogP contribution in [0.15, 0.2) is 52.0 Å². The van der Waals surface area contributed by atoms with Crippen LogP contribution in [0.1, 0.15) is 54.5 Å². The fourth-order valence-corrected chi connectivity index (χ4v) is 4.21. The first kappa shape index (κ1) is 29.9. The molecule has 1 aliphatic heterocycles. The lowest BCUT2D eigenvalue weighted by molar-refractivity contribution is -0.120. The summed E-state index contributed by atoms with van der Waals surface area (Å²) in [4.78, 5) is 30.6. The molecule has 0 saturated carbocycles. The summed E-state index contributed by atoms with van der Waals surface area (Å²) in [7, 11) is 1.56. The number of nitrogens with one attached hydrogen (secondary N) is 2. The Morgan fingerprint density at radius 1 is 1.33 bits per heavy atom. The van der Waals surface area contributed by atoms with Crippen molar-refractivity contribution in [2.24, 2.45) is 5.73 Å². The molecule has 3 aromatic rings. The van der Waals surface area contributed by atoms with Crippen LogP contribution in [0.3, 0.4) is 0 Å². The Kier molecular flexibility index (Phi) is 10.7. The number of halogens is 1. The van der Waals surface area contributed by atoms with Crippen molar-refractivity contribution in [1.29, 1.82) is 0 Å². The number of aliphatic hydroxyl groups is 1. The molecule has 0 radical (unpaired) electrons. The van der Waals surface area contributed by atoms with Crippen LogP contribution in [-0.2, 0) is 4.79 Å². The highest BCUT2D eigenvalue weighted by Gasteiger charge is 2.23. The van der Waals surface area contributed by atoms with Gasteiger partial charge in [-0.15, -0.1) is 0 Å². The monoisotopic (exact) mass is 558 g/mol. The van der Waals surface area contributed by atoms with Gasteiger partial charge in [-0.25, -0.2) is 14.1 Å². The number of ether oxygens (including phenoxy) is 1. The summed E-state index contributed by atoms with van der Waals surface area (Å²) in [6.45, 7) is 5.65. The van der Waals surface area contributed by atoms with E-state index in [2.05, 4.69) is 25.2 Å². The molecule has 0 saturated heterocycles. The van der Waals surface area contributed by atoms with Gasteiger partial charge >= 0.3 is 0 Å². The molecule has 39 heavy (non-hydrogen) atoms. The smallest absolute Gasteiger partial charge is 0.236 e. The second kappa shape index (κ2) is 13.9. The number of hydrogen-bond acceptors (Lipinski definition) is 11. The van der Waals surface area contributed by atoms with Crippen molar-refractivity contribution >= 4 is 24.1 Å². The quantitative estimate of drug-likeness (QED) is 0.213. The number of amides is 1. The molecule has 4 rings (SSSR count). The Morgan fingerprint density at radius 2 is 2.10 bits per heavy atom. The maximum Gasteiger partial charge on any atom is 0.236 e. The maximum atomic E-state index is 13.9. The van der Waals surface area contributed by atoms with Crippen LogP contribution in [-0.4, -0.2) is 58.2 Å². The van der Waals surface area contributed by atoms with E-state index in [1.54, 1.807) is 25.4 Å². The molecule has 0 fully saturated rings. The number of carbonyl (C=O) groups is 2. The first-order valence-corrected chi connectivity index (χ1v) is 12.9. The molecule has 3 unspecified atom stereocenters. The van der Waals surface area contributed by atoms with Crippen molar-refractivity contribution in [3.8, 4) is 17.3 Å². The number of likely N-dealkylation sites (N-methyl/N-ethyl adjacent to an activating group) is 1. The van der Waals surface area contributed by atoms with E-state index in [4.69, 9.17) is 20.1 Å². The van der Waals surface area contributed by atoms with Crippen LogP contribution in [0, 0.1) is 5.82 Å². The fraction of sp³-hybridized carbons (Fsp3) is 0.346. The van der Waals surface area contributed by atoms with Crippen LogP contribution < -0.4 is 20.5 Å². The van der Waals surface area contributed by atoms with E-state index in [0.717, 1.165) is 10.5 Å². The zero-order valence-electron chi connectivity index (χ0n) is 21.9. The summed E-state index contributed by atoms with van der Waals surface area (Å²) in [6, 6.07) is 7.41. The van der Waals surface area contributed by atoms with Gasteiger partial charge in [0.25, 0.3) is 0 Å². The zero-order valence-corrected chi connectivity index (χ0v) is 22.7. The number of hydrogen-bond donors (Lipinski definition) is 4. The molecule has 0 spiro atoms. The van der Waals surface area contributed by atoms with Gasteiger partial charge in [-0.3, -0.25) is 9.59 Å². The Morgan fingerprint density at radius 3 is 2.62 bits per heavy atom. The maximum absolute atomic E-state index is 13.9. The van der Waals surface area contributed by atoms with Crippen LogP contribution in [0.2, 0.25) is 0 Å². The van der Waals surface area contributed by atoms with Gasteiger partial charge < -0.3 is 25.4 Å². The van der Waals surface area contributed by atoms with Crippen LogP contribution in [0.4, 0.5) is 4.39 Å². The topological polar surface area (TPSA) is 165 Å². The summed E-state index contributed by atoms with van der Waals surface area (Å²) >= 11 is 1.44. The van der Waals surface area contributed by atoms with Crippen molar-refractivity contribution in [2.75, 3.05) is 13.7 Å². The zero-order chi connectivity index (χ0) is 28.5. The minimum atomic E-state index is -0.602. The van der Waals surface area contributed by atoms with Crippen molar-refractivity contribution in [3.63, 3.8) is 0 Å². The second-order valence-electron chi connectivity index (χ2n) is 8.84. The van der Waals surface area contributed by atoms with Crippen molar-refractivity contribution in [3.05, 3.63) is 70.3 Å². The highest BCUT2D eigenvalue weighted by atomic mass is 32.2. The van der Waals surface area contributed by atoms with E-state index < -0.39 is 17.8 Å². The summed E-state index contributed by atoms with van der Waals surface area (Å²) in [5, 5.41) is 14.8. The molecule has 3 atom stereocenters. The lowest BCUT2D eigenvalue weighted by Crippen LogP contribution is -2.41. The summed E-state index contributed by atoms with van der Waals surface area (Å²) in [6.07, 6.45) is 3.88. The number of nitrogens with two attached hydrogens (primary N) is 1. The van der Waals surface area contributed by atoms with Gasteiger partial charge in [-0.05, 0) is 61.8 Å². The number of benzene rings is 1. The number of primary amides is 1. The highest BCUT2D eigenvalue weighted by Crippen LogP contribution is 2.34. The van der Waals surface area contributed by atoms with E-state index in [0.29, 0.717) is 29.4 Å². The summed E-state index contributed by atoms with van der Waals surface area (Å²) in [5.74, 6) is 0.707. The molecule has 0 aliphatic carbocycles. The minimum absolute atomic E-state index is 0.0486. The Bertz CT molecular complexity index is 1300. The van der Waals surface area contributed by atoms with Gasteiger partial charge in [0.15, 0.2) is 6.29 Å². The molecular weight excluding hydrogens is 527 g/mol. The van der Waals surface area contributed by atoms with Gasteiger partial charge in [0.1, 0.15) is 29.4 Å². The molecule has 0 bridgehead atoms. The molecule has 208 valence electrons. The second-order valence-corrected chi connectivity index (χ2v) is 9.75. The lowest BCUT2D eigenvalue weighted by atomic mass is 10.0. The Labute approximate surface area is 229 Å². The number of pyridine rings is 1. The molecule has 1 aromatic carbocycles. The normalized spacial score (nSPS) is 16.2. The third kappa shape index (κ3) is 7.93. The van der Waals surface area contributed by atoms with Gasteiger partial charge in [-0.2, -0.15) is 4.98 Å². The molecule has 1 aliphatic rings. The molecular formula is C26H31FN6O5S. The first-order valence-electron chi connectivity index (χ1n) is 12.1. The van der Waals surface area contributed by atoms with E-state index in [1.807, 2.05) is 32.9 Å². The molecule has 5 N–H and O–H groups in total. The Hall–Kier alpha value is -3.65. The van der Waals surface area contributed by atoms with Crippen LogP contribution in [0.25, 0.3) is 11.5 Å². The number of rotatable bonds is 10. The van der Waals surface area contributed by atoms with Crippen LogP contribution >= 0.6 is 11.9 Å². The number of aldehydes is 1. The Balaban J connectivity index is 0.000000459. The third-order valence-electron chi connectivity index (χ3n) is 5.63. The standard InChI is InChI=1S/C22H21FN4O3S.C4H10N2O2/c1-12(2)22-25-21(26-30-22)18-7-6-16(10-24-18)29-13(3)20-9-19(27-31-20)14-4-5-15(11-28)17(23)8-14;1-6-3(2-7)4(5)8/h4-13,19,27H,1-3H3;3,6-7H,2H2,1H3,(H2,5,8). The predicted molar refractivity (Wildman–Crippen MR) is 144 cm³/mol. The van der Waals surface area contributed by atoms with E-state index in [1.165, 1.54) is 24.1 Å². The predicted octanol–water partition coefficient (Wildman–Crippen LogP) is 2.90. The number of aliphatic hydroxyl groups excluding tert-OH is 1. The van der Waals surface area contributed by atoms with E-state index in [-0.39, 0.29) is 30.2 Å². The number of carbonyl (C=O) groups excluding carboxylic acids is 2. The largest absolute Gasteiger partial charge is 0.484 e. The molecule has 1 amide bonds.